The third-order valence-corrected chi connectivity index (χ3v) is 13.4. The highest BCUT2D eigenvalue weighted by molar-refractivity contribution is 5.76. The molecular weight excluding hydrogens is 815 g/mol. The molecule has 0 aliphatic carbocycles. The maximum atomic E-state index is 12.5. The molecule has 0 heterocycles. The van der Waals surface area contributed by atoms with Crippen LogP contribution in [0.1, 0.15) is 309 Å². The monoisotopic (exact) mass is 928 g/mol. The van der Waals surface area contributed by atoms with Gasteiger partial charge in [0.1, 0.15) is 0 Å². The highest BCUT2D eigenvalue weighted by Gasteiger charge is 2.20. The van der Waals surface area contributed by atoms with E-state index in [4.69, 9.17) is 4.74 Å². The largest absolute Gasteiger partial charge is 0.466 e. The van der Waals surface area contributed by atoms with Crippen molar-refractivity contribution in [3.63, 3.8) is 0 Å². The first-order valence-electron chi connectivity index (χ1n) is 29.3. The third-order valence-electron chi connectivity index (χ3n) is 13.4. The number of esters is 1. The van der Waals surface area contributed by atoms with Crippen molar-refractivity contribution in [3.05, 3.63) is 36.5 Å². The van der Waals surface area contributed by atoms with Crippen molar-refractivity contribution >= 4 is 11.9 Å². The molecule has 0 aromatic heterocycles. The molecule has 0 saturated heterocycles. The quantitative estimate of drug-likeness (QED) is 0.0244. The SMILES string of the molecule is CCCCCC/C=C\CCCCCCCC(=O)OCCCCC/C=C\C=C/CCCCCCCCC(=O)NC(CO)C(O)CCCCCCCCCCCCCCCCCCCCCCC. The van der Waals surface area contributed by atoms with Crippen molar-refractivity contribution in [1.82, 2.24) is 5.32 Å². The number of rotatable bonds is 54. The number of allylic oxidation sites excluding steroid dienone is 6. The van der Waals surface area contributed by atoms with Gasteiger partial charge < -0.3 is 20.3 Å². The number of nitrogens with one attached hydrogen (secondary N) is 1. The molecule has 66 heavy (non-hydrogen) atoms. The van der Waals surface area contributed by atoms with Crippen molar-refractivity contribution in [2.45, 2.75) is 321 Å². The van der Waals surface area contributed by atoms with Gasteiger partial charge in [0.25, 0.3) is 0 Å². The zero-order valence-electron chi connectivity index (χ0n) is 44.2. The van der Waals surface area contributed by atoms with Gasteiger partial charge in [-0.2, -0.15) is 0 Å². The summed E-state index contributed by atoms with van der Waals surface area (Å²) in [4.78, 5) is 24.5. The van der Waals surface area contributed by atoms with E-state index in [1.54, 1.807) is 0 Å². The second kappa shape index (κ2) is 55.7. The van der Waals surface area contributed by atoms with Gasteiger partial charge in [-0.25, -0.2) is 0 Å². The Balaban J connectivity index is 3.52. The normalized spacial score (nSPS) is 12.8. The average molecular weight is 929 g/mol. The number of aliphatic hydroxyl groups is 2. The van der Waals surface area contributed by atoms with Gasteiger partial charge in [-0.1, -0.05) is 249 Å². The van der Waals surface area contributed by atoms with Gasteiger partial charge in [-0.05, 0) is 83.5 Å². The summed E-state index contributed by atoms with van der Waals surface area (Å²) in [6.45, 7) is 4.89. The third kappa shape index (κ3) is 51.5. The molecule has 0 aromatic carbocycles. The molecule has 388 valence electrons. The lowest BCUT2D eigenvalue weighted by molar-refractivity contribution is -0.143. The van der Waals surface area contributed by atoms with E-state index in [1.807, 2.05) is 0 Å². The van der Waals surface area contributed by atoms with E-state index in [9.17, 15) is 19.8 Å². The molecule has 1 amide bonds. The summed E-state index contributed by atoms with van der Waals surface area (Å²) in [7, 11) is 0. The topological polar surface area (TPSA) is 95.9 Å². The number of carbonyl (C=O) groups excluding carboxylic acids is 2. The van der Waals surface area contributed by atoms with E-state index >= 15 is 0 Å². The van der Waals surface area contributed by atoms with Crippen molar-refractivity contribution in [2.75, 3.05) is 13.2 Å². The van der Waals surface area contributed by atoms with Crippen LogP contribution in [0.5, 0.6) is 0 Å². The first kappa shape index (κ1) is 64.1. The Morgan fingerprint density at radius 1 is 0.424 bits per heavy atom. The van der Waals surface area contributed by atoms with Crippen LogP contribution in [0.15, 0.2) is 36.5 Å². The second-order valence-corrected chi connectivity index (χ2v) is 20.0. The lowest BCUT2D eigenvalue weighted by atomic mass is 10.0. The smallest absolute Gasteiger partial charge is 0.305 e. The van der Waals surface area contributed by atoms with Gasteiger partial charge in [0.05, 0.1) is 25.4 Å². The summed E-state index contributed by atoms with van der Waals surface area (Å²) in [6, 6.07) is -0.559. The van der Waals surface area contributed by atoms with Gasteiger partial charge in [-0.3, -0.25) is 9.59 Å². The predicted molar refractivity (Wildman–Crippen MR) is 287 cm³/mol. The Morgan fingerprint density at radius 2 is 0.758 bits per heavy atom. The first-order valence-corrected chi connectivity index (χ1v) is 29.3. The molecule has 0 fully saturated rings. The Morgan fingerprint density at radius 3 is 1.18 bits per heavy atom. The maximum Gasteiger partial charge on any atom is 0.305 e. The molecule has 2 unspecified atom stereocenters. The molecule has 0 saturated carbocycles. The number of unbranched alkanes of at least 4 members (excludes halogenated alkanes) is 38. The van der Waals surface area contributed by atoms with Crippen molar-refractivity contribution < 1.29 is 24.5 Å². The Kier molecular flexibility index (Phi) is 54.1. The Labute approximate surface area is 411 Å². The number of carbonyl (C=O) groups is 2. The molecular formula is C60H113NO5. The zero-order valence-corrected chi connectivity index (χ0v) is 44.2. The zero-order chi connectivity index (χ0) is 47.9. The predicted octanol–water partition coefficient (Wildman–Crippen LogP) is 18.0. The second-order valence-electron chi connectivity index (χ2n) is 20.0. The van der Waals surface area contributed by atoms with Crippen LogP contribution in [0, 0.1) is 0 Å². The molecule has 3 N–H and O–H groups in total. The minimum absolute atomic E-state index is 0.0307. The fraction of sp³-hybridized carbons (Fsp3) is 0.867. The molecule has 6 heteroatoms. The molecule has 0 rings (SSSR count). The maximum absolute atomic E-state index is 12.5. The first-order chi connectivity index (χ1) is 32.5. The van der Waals surface area contributed by atoms with Crippen molar-refractivity contribution in [3.8, 4) is 0 Å². The van der Waals surface area contributed by atoms with E-state index < -0.39 is 12.1 Å². The van der Waals surface area contributed by atoms with Gasteiger partial charge >= 0.3 is 5.97 Å². The highest BCUT2D eigenvalue weighted by Crippen LogP contribution is 2.17. The van der Waals surface area contributed by atoms with Crippen molar-refractivity contribution in [2.24, 2.45) is 0 Å². The van der Waals surface area contributed by atoms with Crippen LogP contribution < -0.4 is 5.32 Å². The van der Waals surface area contributed by atoms with Crippen LogP contribution in [-0.2, 0) is 14.3 Å². The van der Waals surface area contributed by atoms with Gasteiger partial charge in [0, 0.05) is 12.8 Å². The Bertz CT molecular complexity index is 1070. The molecule has 0 aliphatic heterocycles. The number of hydrogen-bond donors (Lipinski definition) is 3. The molecule has 0 spiro atoms. The van der Waals surface area contributed by atoms with Crippen LogP contribution in [0.4, 0.5) is 0 Å². The van der Waals surface area contributed by atoms with Crippen molar-refractivity contribution in [1.29, 1.82) is 0 Å². The molecule has 0 bridgehead atoms. The number of hydrogen-bond acceptors (Lipinski definition) is 5. The molecule has 0 radical (unpaired) electrons. The minimum atomic E-state index is -0.680. The summed E-state index contributed by atoms with van der Waals surface area (Å²) >= 11 is 0. The van der Waals surface area contributed by atoms with E-state index in [1.165, 1.54) is 199 Å². The van der Waals surface area contributed by atoms with Crippen LogP contribution in [0.3, 0.4) is 0 Å². The lowest BCUT2D eigenvalue weighted by Gasteiger charge is -2.22. The van der Waals surface area contributed by atoms with E-state index in [-0.39, 0.29) is 18.5 Å². The van der Waals surface area contributed by atoms with Gasteiger partial charge in [0.2, 0.25) is 5.91 Å². The molecule has 0 aliphatic rings. The van der Waals surface area contributed by atoms with Crippen LogP contribution in [-0.4, -0.2) is 47.4 Å². The number of ether oxygens (including phenoxy) is 1. The molecule has 0 aromatic rings. The highest BCUT2D eigenvalue weighted by atomic mass is 16.5. The summed E-state index contributed by atoms with van der Waals surface area (Å²) in [6.07, 6.45) is 68.5. The van der Waals surface area contributed by atoms with E-state index in [0.717, 1.165) is 77.0 Å². The number of aliphatic hydroxyl groups excluding tert-OH is 2. The van der Waals surface area contributed by atoms with Crippen LogP contribution >= 0.6 is 0 Å². The minimum Gasteiger partial charge on any atom is -0.466 e. The standard InChI is InChI=1S/C60H113NO5/c1-3-5-7-9-11-13-15-17-18-19-20-21-22-23-25-29-32-36-40-44-48-52-58(63)57(56-62)61-59(64)53-49-45-41-37-33-30-26-24-27-31-35-39-43-47-51-55-66-60(65)54-50-46-42-38-34-28-16-14-12-10-8-6-4-2/h14,16,24,27,31,35,57-58,62-63H,3-13,15,17-23,25-26,28-30,32-34,36-56H2,1-2H3,(H,61,64)/b16-14-,27-24-,35-31-. The number of amides is 1. The average Bonchev–Trinajstić information content (AvgIpc) is 3.32. The van der Waals surface area contributed by atoms with E-state index in [0.29, 0.717) is 25.9 Å². The summed E-state index contributed by atoms with van der Waals surface area (Å²) in [5, 5.41) is 23.3. The summed E-state index contributed by atoms with van der Waals surface area (Å²) < 4.78 is 5.43. The summed E-state index contributed by atoms with van der Waals surface area (Å²) in [5.41, 5.74) is 0. The Hall–Kier alpha value is -1.92. The fourth-order valence-electron chi connectivity index (χ4n) is 8.92. The van der Waals surface area contributed by atoms with Gasteiger partial charge in [0.15, 0.2) is 0 Å². The van der Waals surface area contributed by atoms with Crippen LogP contribution in [0.2, 0.25) is 0 Å². The fourth-order valence-corrected chi connectivity index (χ4v) is 8.92. The van der Waals surface area contributed by atoms with Gasteiger partial charge in [-0.15, -0.1) is 0 Å². The molecule has 2 atom stereocenters. The lowest BCUT2D eigenvalue weighted by Crippen LogP contribution is -2.45. The summed E-state index contributed by atoms with van der Waals surface area (Å²) in [5.74, 6) is -0.0864. The van der Waals surface area contributed by atoms with Crippen LogP contribution in [0.25, 0.3) is 0 Å². The van der Waals surface area contributed by atoms with E-state index in [2.05, 4.69) is 55.6 Å². The molecule has 6 nitrogen and oxygen atoms in total.